The highest BCUT2D eigenvalue weighted by atomic mass is 35.5. The molecule has 2 rings (SSSR count). The molecule has 0 amide bonds. The summed E-state index contributed by atoms with van der Waals surface area (Å²) in [4.78, 5) is 11.6. The molecule has 88 valence electrons. The Balaban J connectivity index is 1.86. The summed E-state index contributed by atoms with van der Waals surface area (Å²) >= 11 is 11.2. The van der Waals surface area contributed by atoms with Gasteiger partial charge in [-0.05, 0) is 25.0 Å². The number of hydrogen-bond donors (Lipinski definition) is 0. The second-order valence-corrected chi connectivity index (χ2v) is 4.52. The molecular weight excluding hydrogens is 251 g/mol. The molecule has 1 saturated heterocycles. The summed E-state index contributed by atoms with van der Waals surface area (Å²) in [5.41, 5.74) is 0. The predicted octanol–water partition coefficient (Wildman–Crippen LogP) is 2.38. The molecule has 16 heavy (non-hydrogen) atoms. The molecule has 5 heteroatoms. The molecule has 0 radical (unpaired) electrons. The van der Waals surface area contributed by atoms with E-state index in [-0.39, 0.29) is 23.9 Å². The summed E-state index contributed by atoms with van der Waals surface area (Å²) in [6.07, 6.45) is 6.25. The molecule has 2 aliphatic rings. The molecule has 0 aromatic carbocycles. The maximum Gasteiger partial charge on any atom is 0.188 e. The van der Waals surface area contributed by atoms with Crippen molar-refractivity contribution in [1.29, 1.82) is 0 Å². The maximum absolute atomic E-state index is 11.6. The van der Waals surface area contributed by atoms with Crippen molar-refractivity contribution in [3.05, 3.63) is 23.4 Å². The number of carbonyl (C=O) groups excluding carboxylic acids is 1. The average molecular weight is 263 g/mol. The third-order valence-electron chi connectivity index (χ3n) is 2.57. The Bertz CT molecular complexity index is 338. The van der Waals surface area contributed by atoms with Gasteiger partial charge < -0.3 is 9.47 Å². The number of hydrogen-bond acceptors (Lipinski definition) is 3. The van der Waals surface area contributed by atoms with Crippen molar-refractivity contribution < 1.29 is 14.3 Å². The molecule has 2 aliphatic heterocycles. The minimum atomic E-state index is -0.409. The van der Waals surface area contributed by atoms with Crippen molar-refractivity contribution in [2.75, 3.05) is 5.88 Å². The Hall–Kier alpha value is -0.510. The van der Waals surface area contributed by atoms with E-state index >= 15 is 0 Å². The summed E-state index contributed by atoms with van der Waals surface area (Å²) in [7, 11) is 0. The minimum absolute atomic E-state index is 0.0119. The molecule has 3 atom stereocenters. The quantitative estimate of drug-likeness (QED) is 0.444. The van der Waals surface area contributed by atoms with E-state index in [9.17, 15) is 4.79 Å². The van der Waals surface area contributed by atoms with Gasteiger partial charge in [-0.15, -0.1) is 11.6 Å². The van der Waals surface area contributed by atoms with Gasteiger partial charge in [0.1, 0.15) is 12.2 Å². The topological polar surface area (TPSA) is 38.8 Å². The van der Waals surface area contributed by atoms with E-state index < -0.39 is 6.10 Å². The molecular formula is C11H12Cl2O3. The fraction of sp³-hybridized carbons (Fsp3) is 0.545. The lowest BCUT2D eigenvalue weighted by Crippen LogP contribution is -2.23. The zero-order valence-corrected chi connectivity index (χ0v) is 10.1. The van der Waals surface area contributed by atoms with Gasteiger partial charge in [0, 0.05) is 5.03 Å². The van der Waals surface area contributed by atoms with E-state index in [0.29, 0.717) is 5.03 Å². The monoisotopic (exact) mass is 262 g/mol. The van der Waals surface area contributed by atoms with Crippen molar-refractivity contribution in [2.45, 2.75) is 31.2 Å². The van der Waals surface area contributed by atoms with Crippen molar-refractivity contribution in [2.24, 2.45) is 0 Å². The van der Waals surface area contributed by atoms with Crippen molar-refractivity contribution in [1.82, 2.24) is 0 Å². The summed E-state index contributed by atoms with van der Waals surface area (Å²) in [5.74, 6) is 0.0154. The zero-order valence-electron chi connectivity index (χ0n) is 8.57. The molecule has 3 unspecified atom stereocenters. The van der Waals surface area contributed by atoms with E-state index in [1.165, 1.54) is 6.08 Å². The van der Waals surface area contributed by atoms with Crippen LogP contribution in [-0.4, -0.2) is 30.0 Å². The molecule has 0 N–H and O–H groups in total. The van der Waals surface area contributed by atoms with Crippen LogP contribution in [0, 0.1) is 0 Å². The summed E-state index contributed by atoms with van der Waals surface area (Å²) in [5, 5.41) is 0.338. The van der Waals surface area contributed by atoms with Gasteiger partial charge in [0.25, 0.3) is 0 Å². The molecule has 0 saturated carbocycles. The van der Waals surface area contributed by atoms with Gasteiger partial charge in [-0.25, -0.2) is 0 Å². The highest BCUT2D eigenvalue weighted by molar-refractivity contribution is 6.37. The first-order valence-corrected chi connectivity index (χ1v) is 6.05. The van der Waals surface area contributed by atoms with Gasteiger partial charge in [0.05, 0.1) is 12.1 Å². The first-order valence-electron chi connectivity index (χ1n) is 5.14. The summed E-state index contributed by atoms with van der Waals surface area (Å²) < 4.78 is 10.7. The van der Waals surface area contributed by atoms with E-state index in [4.69, 9.17) is 32.7 Å². The Morgan fingerprint density at radius 3 is 3.00 bits per heavy atom. The number of epoxide rings is 1. The molecule has 0 bridgehead atoms. The molecule has 0 aliphatic carbocycles. The number of ketones is 1. The molecule has 3 nitrogen and oxygen atoms in total. The van der Waals surface area contributed by atoms with Crippen LogP contribution in [0.15, 0.2) is 23.4 Å². The number of carbonyl (C=O) groups is 1. The standard InChI is InChI=1S/C11H12Cl2O3/c12-6-7(13)5-8(14)10-11(16-10)9-3-1-2-4-15-9/h2,4-5,9-11H,1,3,6H2. The first-order chi connectivity index (χ1) is 7.72. The van der Waals surface area contributed by atoms with Gasteiger partial charge in [-0.2, -0.15) is 0 Å². The van der Waals surface area contributed by atoms with Crippen LogP contribution in [0.5, 0.6) is 0 Å². The summed E-state index contributed by atoms with van der Waals surface area (Å²) in [6, 6.07) is 0. The first kappa shape index (κ1) is 12.0. The lowest BCUT2D eigenvalue weighted by Gasteiger charge is -2.16. The van der Waals surface area contributed by atoms with E-state index in [0.717, 1.165) is 12.8 Å². The second kappa shape index (κ2) is 5.21. The minimum Gasteiger partial charge on any atom is -0.496 e. The number of ether oxygens (including phenoxy) is 2. The Kier molecular flexibility index (Phi) is 3.90. The average Bonchev–Trinajstić information content (AvgIpc) is 3.10. The SMILES string of the molecule is O=C(C=C(Cl)CCl)C1OC1C1CCC=CO1. The van der Waals surface area contributed by atoms with Crippen molar-refractivity contribution >= 4 is 29.0 Å². The predicted molar refractivity (Wildman–Crippen MR) is 61.6 cm³/mol. The van der Waals surface area contributed by atoms with Crippen LogP contribution in [0.2, 0.25) is 0 Å². The Labute approximate surface area is 104 Å². The van der Waals surface area contributed by atoms with Gasteiger partial charge in [-0.1, -0.05) is 11.6 Å². The van der Waals surface area contributed by atoms with Crippen LogP contribution in [0.25, 0.3) is 0 Å². The summed E-state index contributed by atoms with van der Waals surface area (Å²) in [6.45, 7) is 0. The number of rotatable bonds is 4. The van der Waals surface area contributed by atoms with E-state index in [1.807, 2.05) is 6.08 Å². The fourth-order valence-corrected chi connectivity index (χ4v) is 1.89. The number of alkyl halides is 1. The van der Waals surface area contributed by atoms with E-state index in [2.05, 4.69) is 0 Å². The highest BCUT2D eigenvalue weighted by Crippen LogP contribution is 2.32. The number of allylic oxidation sites excluding steroid dienone is 2. The molecule has 0 aromatic heterocycles. The Morgan fingerprint density at radius 2 is 2.38 bits per heavy atom. The van der Waals surface area contributed by atoms with Crippen molar-refractivity contribution in [3.8, 4) is 0 Å². The molecule has 0 spiro atoms. The van der Waals surface area contributed by atoms with Gasteiger partial charge in [0.15, 0.2) is 11.9 Å². The zero-order chi connectivity index (χ0) is 11.5. The van der Waals surface area contributed by atoms with Crippen LogP contribution in [0.1, 0.15) is 12.8 Å². The van der Waals surface area contributed by atoms with Crippen LogP contribution < -0.4 is 0 Å². The lowest BCUT2D eigenvalue weighted by atomic mass is 10.1. The second-order valence-electron chi connectivity index (χ2n) is 3.77. The maximum atomic E-state index is 11.6. The van der Waals surface area contributed by atoms with Crippen LogP contribution in [0.3, 0.4) is 0 Å². The molecule has 0 aromatic rings. The normalized spacial score (nSPS) is 33.4. The van der Waals surface area contributed by atoms with Crippen molar-refractivity contribution in [3.63, 3.8) is 0 Å². The van der Waals surface area contributed by atoms with E-state index in [1.54, 1.807) is 6.26 Å². The highest BCUT2D eigenvalue weighted by Gasteiger charge is 2.49. The van der Waals surface area contributed by atoms with Crippen LogP contribution in [-0.2, 0) is 14.3 Å². The van der Waals surface area contributed by atoms with Crippen LogP contribution >= 0.6 is 23.2 Å². The third kappa shape index (κ3) is 2.78. The Morgan fingerprint density at radius 1 is 1.56 bits per heavy atom. The lowest BCUT2D eigenvalue weighted by molar-refractivity contribution is -0.115. The van der Waals surface area contributed by atoms with Gasteiger partial charge >= 0.3 is 0 Å². The molecule has 1 fully saturated rings. The number of halogens is 2. The smallest absolute Gasteiger partial charge is 0.188 e. The largest absolute Gasteiger partial charge is 0.496 e. The molecule has 2 heterocycles. The van der Waals surface area contributed by atoms with Gasteiger partial charge in [0.2, 0.25) is 0 Å². The van der Waals surface area contributed by atoms with Gasteiger partial charge in [-0.3, -0.25) is 4.79 Å². The van der Waals surface area contributed by atoms with Crippen LogP contribution in [0.4, 0.5) is 0 Å². The third-order valence-corrected chi connectivity index (χ3v) is 3.23. The fourth-order valence-electron chi connectivity index (χ4n) is 1.71.